The molecule has 0 aliphatic rings. The molecule has 0 radical (unpaired) electrons. The summed E-state index contributed by atoms with van der Waals surface area (Å²) in [4.78, 5) is 11.2. The first kappa shape index (κ1) is 9.35. The first-order valence-electron chi connectivity index (χ1n) is 4.72. The second-order valence-corrected chi connectivity index (χ2v) is 3.87. The third-order valence-corrected chi connectivity index (χ3v) is 2.69. The van der Waals surface area contributed by atoms with Crippen LogP contribution in [0.5, 0.6) is 0 Å². The minimum atomic E-state index is 0.455. The van der Waals surface area contributed by atoms with Gasteiger partial charge in [0.05, 0.1) is 17.3 Å². The van der Waals surface area contributed by atoms with E-state index in [1.165, 1.54) is 6.33 Å². The van der Waals surface area contributed by atoms with E-state index >= 15 is 0 Å². The fourth-order valence-electron chi connectivity index (χ4n) is 1.63. The van der Waals surface area contributed by atoms with Gasteiger partial charge in [-0.05, 0) is 6.07 Å². The topological polar surface area (TPSA) is 59.4 Å². The second kappa shape index (κ2) is 3.31. The van der Waals surface area contributed by atoms with E-state index in [0.717, 1.165) is 22.3 Å². The number of nitrogens with zero attached hydrogens (tertiary/aromatic N) is 4. The molecule has 80 valence electrons. The zero-order valence-corrected chi connectivity index (χ0v) is 9.23. The van der Waals surface area contributed by atoms with Crippen LogP contribution in [-0.4, -0.2) is 24.7 Å². The Morgan fingerprint density at radius 2 is 2.25 bits per heavy atom. The number of nitrogens with one attached hydrogen (secondary N) is 1. The first-order chi connectivity index (χ1) is 7.74. The minimum absolute atomic E-state index is 0.455. The Kier molecular flexibility index (Phi) is 1.94. The highest BCUT2D eigenvalue weighted by Gasteiger charge is 2.08. The Labute approximate surface area is 96.1 Å². The molecule has 3 rings (SSSR count). The van der Waals surface area contributed by atoms with Crippen LogP contribution in [-0.2, 0) is 7.05 Å². The van der Waals surface area contributed by atoms with E-state index < -0.39 is 0 Å². The number of aromatic nitrogens is 5. The van der Waals surface area contributed by atoms with Crippen LogP contribution in [0.3, 0.4) is 0 Å². The summed E-state index contributed by atoms with van der Waals surface area (Å²) in [5.41, 5.74) is 2.67. The molecule has 0 aromatic carbocycles. The molecule has 3 heterocycles. The van der Waals surface area contributed by atoms with E-state index in [4.69, 9.17) is 11.6 Å². The predicted octanol–water partition coefficient (Wildman–Crippen LogP) is 2.01. The lowest BCUT2D eigenvalue weighted by molar-refractivity contribution is 0.768. The zero-order valence-electron chi connectivity index (χ0n) is 8.48. The van der Waals surface area contributed by atoms with Crippen LogP contribution in [0.2, 0.25) is 5.15 Å². The molecule has 0 atom stereocenters. The number of H-pyrrole nitrogens is 1. The minimum Gasteiger partial charge on any atom is -0.339 e. The van der Waals surface area contributed by atoms with Crippen LogP contribution >= 0.6 is 11.6 Å². The molecule has 0 spiro atoms. The molecule has 1 N–H and O–H groups in total. The molecule has 5 nitrogen and oxygen atoms in total. The molecule has 16 heavy (non-hydrogen) atoms. The number of rotatable bonds is 1. The van der Waals surface area contributed by atoms with E-state index in [1.807, 2.05) is 19.3 Å². The van der Waals surface area contributed by atoms with Gasteiger partial charge >= 0.3 is 0 Å². The van der Waals surface area contributed by atoms with Gasteiger partial charge in [0.15, 0.2) is 0 Å². The highest BCUT2D eigenvalue weighted by atomic mass is 35.5. The van der Waals surface area contributed by atoms with Crippen molar-refractivity contribution in [1.82, 2.24) is 24.7 Å². The molecule has 3 aromatic rings. The molecule has 0 saturated heterocycles. The lowest BCUT2D eigenvalue weighted by Crippen LogP contribution is -1.84. The largest absolute Gasteiger partial charge is 0.339 e. The van der Waals surface area contributed by atoms with Crippen molar-refractivity contribution in [2.45, 2.75) is 0 Å². The molecular formula is C10H8ClN5. The molecule has 0 amide bonds. The van der Waals surface area contributed by atoms with E-state index in [9.17, 15) is 0 Å². The summed E-state index contributed by atoms with van der Waals surface area (Å²) in [7, 11) is 1.87. The van der Waals surface area contributed by atoms with Crippen molar-refractivity contribution < 1.29 is 0 Å². The Morgan fingerprint density at radius 3 is 2.94 bits per heavy atom. The molecule has 0 bridgehead atoms. The Hall–Kier alpha value is -1.88. The molecule has 0 aliphatic heterocycles. The van der Waals surface area contributed by atoms with Crippen LogP contribution in [0.4, 0.5) is 0 Å². The maximum atomic E-state index is 5.97. The van der Waals surface area contributed by atoms with E-state index in [0.29, 0.717) is 5.15 Å². The van der Waals surface area contributed by atoms with Crippen LogP contribution in [0.15, 0.2) is 24.8 Å². The molecule has 0 unspecified atom stereocenters. The average molecular weight is 234 g/mol. The maximum Gasteiger partial charge on any atom is 0.142 e. The van der Waals surface area contributed by atoms with Crippen LogP contribution in [0, 0.1) is 0 Å². The van der Waals surface area contributed by atoms with Gasteiger partial charge in [0, 0.05) is 18.8 Å². The van der Waals surface area contributed by atoms with Gasteiger partial charge in [-0.1, -0.05) is 11.6 Å². The summed E-state index contributed by atoms with van der Waals surface area (Å²) in [5.74, 6) is 0. The van der Waals surface area contributed by atoms with E-state index in [1.54, 1.807) is 10.9 Å². The van der Waals surface area contributed by atoms with Gasteiger partial charge in [-0.25, -0.2) is 9.97 Å². The summed E-state index contributed by atoms with van der Waals surface area (Å²) in [6.07, 6.45) is 5.15. The predicted molar refractivity (Wildman–Crippen MR) is 61.1 cm³/mol. The van der Waals surface area contributed by atoms with Gasteiger partial charge in [0.1, 0.15) is 17.1 Å². The third kappa shape index (κ3) is 1.37. The molecule has 0 aliphatic carbocycles. The lowest BCUT2D eigenvalue weighted by Gasteiger charge is -1.88. The number of aromatic amines is 1. The van der Waals surface area contributed by atoms with E-state index in [2.05, 4.69) is 20.1 Å². The van der Waals surface area contributed by atoms with Gasteiger partial charge in [0.25, 0.3) is 0 Å². The summed E-state index contributed by atoms with van der Waals surface area (Å²) < 4.78 is 1.74. The fraction of sp³-hybridized carbons (Fsp3) is 0.100. The summed E-state index contributed by atoms with van der Waals surface area (Å²) in [6.45, 7) is 0. The highest BCUT2D eigenvalue weighted by molar-refractivity contribution is 6.34. The number of hydrogen-bond acceptors (Lipinski definition) is 3. The molecule has 6 heteroatoms. The van der Waals surface area contributed by atoms with Crippen molar-refractivity contribution >= 4 is 22.6 Å². The van der Waals surface area contributed by atoms with E-state index in [-0.39, 0.29) is 0 Å². The summed E-state index contributed by atoms with van der Waals surface area (Å²) >= 11 is 5.97. The van der Waals surface area contributed by atoms with Crippen LogP contribution < -0.4 is 0 Å². The summed E-state index contributed by atoms with van der Waals surface area (Å²) in [6, 6.07) is 1.93. The smallest absolute Gasteiger partial charge is 0.142 e. The van der Waals surface area contributed by atoms with Crippen LogP contribution in [0.25, 0.3) is 22.3 Å². The third-order valence-electron chi connectivity index (χ3n) is 2.39. The van der Waals surface area contributed by atoms with Crippen molar-refractivity contribution in [3.63, 3.8) is 0 Å². The fourth-order valence-corrected chi connectivity index (χ4v) is 1.81. The van der Waals surface area contributed by atoms with Crippen molar-refractivity contribution in [3.8, 4) is 11.3 Å². The number of aryl methyl sites for hydroxylation is 1. The second-order valence-electron chi connectivity index (χ2n) is 3.51. The van der Waals surface area contributed by atoms with Gasteiger partial charge in [-0.2, -0.15) is 5.10 Å². The quantitative estimate of drug-likeness (QED) is 0.654. The Morgan fingerprint density at radius 1 is 1.38 bits per heavy atom. The number of fused-ring (bicyclic) bond motifs is 1. The molecule has 3 aromatic heterocycles. The van der Waals surface area contributed by atoms with Crippen LogP contribution in [0.1, 0.15) is 0 Å². The number of halogens is 1. The normalized spacial score (nSPS) is 11.1. The molecule has 0 fully saturated rings. The van der Waals surface area contributed by atoms with Gasteiger partial charge in [-0.15, -0.1) is 0 Å². The molecular weight excluding hydrogens is 226 g/mol. The van der Waals surface area contributed by atoms with Gasteiger partial charge in [0.2, 0.25) is 0 Å². The maximum absolute atomic E-state index is 5.97. The Bertz CT molecular complexity index is 654. The standard InChI is InChI=1S/C10H8ClN5/c1-16-4-6(3-14-16)8-2-7-9(11)12-5-13-10(7)15-8/h2-5H,1H3,(H,12,13,15). The van der Waals surface area contributed by atoms with Crippen molar-refractivity contribution in [2.75, 3.05) is 0 Å². The van der Waals surface area contributed by atoms with Gasteiger partial charge < -0.3 is 4.98 Å². The average Bonchev–Trinajstić information content (AvgIpc) is 2.84. The van der Waals surface area contributed by atoms with Crippen molar-refractivity contribution in [2.24, 2.45) is 7.05 Å². The lowest BCUT2D eigenvalue weighted by atomic mass is 10.2. The molecule has 0 saturated carbocycles. The first-order valence-corrected chi connectivity index (χ1v) is 5.10. The highest BCUT2D eigenvalue weighted by Crippen LogP contribution is 2.25. The van der Waals surface area contributed by atoms with Crippen molar-refractivity contribution in [3.05, 3.63) is 29.9 Å². The number of hydrogen-bond donors (Lipinski definition) is 1. The monoisotopic (exact) mass is 233 g/mol. The van der Waals surface area contributed by atoms with Gasteiger partial charge in [-0.3, -0.25) is 4.68 Å². The zero-order chi connectivity index (χ0) is 11.1. The Balaban J connectivity index is 2.22. The van der Waals surface area contributed by atoms with Crippen molar-refractivity contribution in [1.29, 1.82) is 0 Å². The SMILES string of the molecule is Cn1cc(-c2cc3c(Cl)ncnc3[nH]2)cn1. The summed E-state index contributed by atoms with van der Waals surface area (Å²) in [5, 5.41) is 5.39.